The van der Waals surface area contributed by atoms with Crippen LogP contribution in [0.1, 0.15) is 37.7 Å². The van der Waals surface area contributed by atoms with Crippen molar-refractivity contribution in [3.8, 4) is 0 Å². The minimum atomic E-state index is -1.15. The van der Waals surface area contributed by atoms with Crippen LogP contribution in [0.5, 0.6) is 0 Å². The van der Waals surface area contributed by atoms with Gasteiger partial charge in [-0.2, -0.15) is 5.43 Å². The monoisotopic (exact) mass is 470 g/mol. The van der Waals surface area contributed by atoms with Crippen LogP contribution in [0.3, 0.4) is 0 Å². The van der Waals surface area contributed by atoms with Crippen molar-refractivity contribution < 1.29 is 0 Å². The maximum absolute atomic E-state index is 6.70. The van der Waals surface area contributed by atoms with E-state index in [1.54, 1.807) is 11.2 Å². The Balaban J connectivity index is 1.15. The Hall–Kier alpha value is -3.20. The Bertz CT molecular complexity index is 1210. The second-order valence-electron chi connectivity index (χ2n) is 9.90. The van der Waals surface area contributed by atoms with Gasteiger partial charge in [0, 0.05) is 55.1 Å². The fourth-order valence-corrected chi connectivity index (χ4v) is 5.77. The molecule has 1 atom stereocenters. The zero-order chi connectivity index (χ0) is 23.8. The van der Waals surface area contributed by atoms with Crippen LogP contribution in [0.25, 0.3) is 10.8 Å². The van der Waals surface area contributed by atoms with Gasteiger partial charge in [-0.3, -0.25) is 10.6 Å². The summed E-state index contributed by atoms with van der Waals surface area (Å²) in [4.78, 5) is 14.3. The Morgan fingerprint density at radius 3 is 2.40 bits per heavy atom. The van der Waals surface area contributed by atoms with Crippen LogP contribution in [-0.2, 0) is 5.79 Å². The molecule has 35 heavy (non-hydrogen) atoms. The molecule has 8 heteroatoms. The number of guanidine groups is 1. The molecule has 1 saturated carbocycles. The van der Waals surface area contributed by atoms with Gasteiger partial charge in [-0.25, -0.2) is 15.0 Å². The van der Waals surface area contributed by atoms with Crippen molar-refractivity contribution >= 4 is 28.2 Å². The summed E-state index contributed by atoms with van der Waals surface area (Å²) in [5, 5.41) is 3.74. The minimum absolute atomic E-state index is 0.291. The van der Waals surface area contributed by atoms with E-state index in [9.17, 15) is 0 Å². The zero-order valence-electron chi connectivity index (χ0n) is 20.1. The molecule has 8 nitrogen and oxygen atoms in total. The van der Waals surface area contributed by atoms with Crippen LogP contribution < -0.4 is 26.8 Å². The number of aromatic nitrogens is 1. The molecule has 6 rings (SSSR count). The minimum Gasteiger partial charge on any atom is -0.369 e. The normalized spacial score (nSPS) is 24.2. The molecule has 182 valence electrons. The molecule has 5 N–H and O–H groups in total. The van der Waals surface area contributed by atoms with E-state index >= 15 is 0 Å². The van der Waals surface area contributed by atoms with Gasteiger partial charge in [0.05, 0.1) is 0 Å². The van der Waals surface area contributed by atoms with E-state index in [2.05, 4.69) is 37.3 Å². The maximum Gasteiger partial charge on any atom is 0.215 e. The molecule has 3 heterocycles. The van der Waals surface area contributed by atoms with Crippen LogP contribution in [-0.4, -0.2) is 48.1 Å². The molecule has 2 aliphatic heterocycles. The number of pyridine rings is 1. The first-order valence-corrected chi connectivity index (χ1v) is 12.8. The van der Waals surface area contributed by atoms with Crippen molar-refractivity contribution in [2.75, 3.05) is 36.1 Å². The molecule has 3 aromatic rings. The van der Waals surface area contributed by atoms with Crippen molar-refractivity contribution in [2.24, 2.45) is 16.5 Å². The van der Waals surface area contributed by atoms with Crippen LogP contribution in [0.15, 0.2) is 65.8 Å². The molecule has 1 saturated heterocycles. The van der Waals surface area contributed by atoms with Crippen LogP contribution in [0.2, 0.25) is 0 Å². The third-order valence-corrected chi connectivity index (χ3v) is 7.74. The van der Waals surface area contributed by atoms with E-state index in [1.165, 1.54) is 37.8 Å². The van der Waals surface area contributed by atoms with Crippen molar-refractivity contribution in [3.05, 3.63) is 66.4 Å². The topological polar surface area (TPSA) is 99.0 Å². The van der Waals surface area contributed by atoms with Crippen molar-refractivity contribution in [3.63, 3.8) is 0 Å². The number of anilines is 2. The highest BCUT2D eigenvalue weighted by atomic mass is 15.7. The SMILES string of the molecule is NC1=NC(N)(c2ccc(N3CCN(C4CCCCC4)CC3)cc2)NN1c1nccc2ccccc12. The van der Waals surface area contributed by atoms with Gasteiger partial charge in [0.2, 0.25) is 11.7 Å². The van der Waals surface area contributed by atoms with E-state index in [0.717, 1.165) is 48.6 Å². The number of hydrogen-bond donors (Lipinski definition) is 3. The lowest BCUT2D eigenvalue weighted by atomic mass is 9.94. The van der Waals surface area contributed by atoms with Crippen LogP contribution >= 0.6 is 0 Å². The van der Waals surface area contributed by atoms with Gasteiger partial charge in [-0.1, -0.05) is 55.7 Å². The number of piperazine rings is 1. The number of hydrazine groups is 1. The summed E-state index contributed by atoms with van der Waals surface area (Å²) >= 11 is 0. The summed E-state index contributed by atoms with van der Waals surface area (Å²) in [5.74, 6) is -0.177. The summed E-state index contributed by atoms with van der Waals surface area (Å²) in [5.41, 5.74) is 18.4. The Kier molecular flexibility index (Phi) is 5.80. The van der Waals surface area contributed by atoms with Gasteiger partial charge in [0.25, 0.3) is 0 Å². The number of fused-ring (bicyclic) bond motifs is 1. The predicted molar refractivity (Wildman–Crippen MR) is 142 cm³/mol. The van der Waals surface area contributed by atoms with E-state index in [1.807, 2.05) is 42.5 Å². The third kappa shape index (κ3) is 4.22. The zero-order valence-corrected chi connectivity index (χ0v) is 20.1. The summed E-state index contributed by atoms with van der Waals surface area (Å²) in [6.07, 6.45) is 8.70. The summed E-state index contributed by atoms with van der Waals surface area (Å²) in [6.45, 7) is 4.41. The number of aliphatic imine (C=N–C) groups is 1. The number of nitrogens with zero attached hydrogens (tertiary/aromatic N) is 5. The smallest absolute Gasteiger partial charge is 0.215 e. The van der Waals surface area contributed by atoms with Gasteiger partial charge in [-0.15, -0.1) is 0 Å². The molecule has 0 amide bonds. The molecule has 2 fully saturated rings. The van der Waals surface area contributed by atoms with E-state index in [0.29, 0.717) is 11.8 Å². The van der Waals surface area contributed by atoms with Gasteiger partial charge >= 0.3 is 0 Å². The lowest BCUT2D eigenvalue weighted by Crippen LogP contribution is -2.53. The Morgan fingerprint density at radius 2 is 1.63 bits per heavy atom. The first-order valence-electron chi connectivity index (χ1n) is 12.8. The van der Waals surface area contributed by atoms with Crippen molar-refractivity contribution in [2.45, 2.75) is 43.9 Å². The average Bonchev–Trinajstić information content (AvgIpc) is 3.24. The summed E-state index contributed by atoms with van der Waals surface area (Å²) in [7, 11) is 0. The Labute approximate surface area is 206 Å². The molecule has 1 aromatic heterocycles. The van der Waals surface area contributed by atoms with Gasteiger partial charge < -0.3 is 10.6 Å². The number of rotatable bonds is 4. The predicted octanol–water partition coefficient (Wildman–Crippen LogP) is 3.10. The lowest BCUT2D eigenvalue weighted by molar-refractivity contribution is 0.148. The highest BCUT2D eigenvalue weighted by molar-refractivity contribution is 6.03. The first kappa shape index (κ1) is 22.3. The molecule has 3 aliphatic rings. The molecule has 0 bridgehead atoms. The number of hydrogen-bond acceptors (Lipinski definition) is 8. The Morgan fingerprint density at radius 1 is 0.886 bits per heavy atom. The molecule has 0 spiro atoms. The quantitative estimate of drug-likeness (QED) is 0.539. The van der Waals surface area contributed by atoms with Gasteiger partial charge in [0.15, 0.2) is 5.82 Å². The second kappa shape index (κ2) is 9.11. The molecular weight excluding hydrogens is 436 g/mol. The van der Waals surface area contributed by atoms with Gasteiger partial charge in [0.1, 0.15) is 0 Å². The fraction of sp³-hybridized carbons (Fsp3) is 0.407. The second-order valence-corrected chi connectivity index (χ2v) is 9.90. The first-order chi connectivity index (χ1) is 17.1. The molecule has 2 aromatic carbocycles. The summed E-state index contributed by atoms with van der Waals surface area (Å²) < 4.78 is 0. The standard InChI is InChI=1S/C27H34N8/c28-26-31-27(29,32-35(26)25-24-9-5-4-6-20(24)14-15-30-25)21-10-12-23(13-11-21)34-18-16-33(17-19-34)22-7-2-1-3-8-22/h4-6,9-15,22,32H,1-3,7-8,16-19,29H2,(H2,28,31). The molecule has 1 aliphatic carbocycles. The third-order valence-electron chi connectivity index (χ3n) is 7.74. The van der Waals surface area contributed by atoms with E-state index < -0.39 is 5.79 Å². The fourth-order valence-electron chi connectivity index (χ4n) is 5.77. The lowest BCUT2D eigenvalue weighted by Gasteiger charge is -2.41. The van der Waals surface area contributed by atoms with E-state index in [4.69, 9.17) is 11.5 Å². The maximum atomic E-state index is 6.70. The largest absolute Gasteiger partial charge is 0.369 e. The highest BCUT2D eigenvalue weighted by Gasteiger charge is 2.38. The van der Waals surface area contributed by atoms with Crippen LogP contribution in [0, 0.1) is 0 Å². The molecule has 0 radical (unpaired) electrons. The summed E-state index contributed by atoms with van der Waals surface area (Å²) in [6, 6.07) is 19.2. The number of nitrogens with one attached hydrogen (secondary N) is 1. The van der Waals surface area contributed by atoms with Crippen molar-refractivity contribution in [1.29, 1.82) is 0 Å². The number of nitrogens with two attached hydrogens (primary N) is 2. The molecular formula is C27H34N8. The number of benzene rings is 2. The van der Waals surface area contributed by atoms with Gasteiger partial charge in [-0.05, 0) is 36.4 Å². The van der Waals surface area contributed by atoms with E-state index in [-0.39, 0.29) is 0 Å². The van der Waals surface area contributed by atoms with Crippen molar-refractivity contribution in [1.82, 2.24) is 15.3 Å². The van der Waals surface area contributed by atoms with Crippen LogP contribution in [0.4, 0.5) is 11.5 Å². The highest BCUT2D eigenvalue weighted by Crippen LogP contribution is 2.31. The molecule has 1 unspecified atom stereocenters. The average molecular weight is 471 g/mol.